The summed E-state index contributed by atoms with van der Waals surface area (Å²) < 4.78 is 0. The number of fused-ring (bicyclic) bond motifs is 1. The number of aliphatic hydroxyl groups is 1. The molecule has 0 radical (unpaired) electrons. The first-order valence-electron chi connectivity index (χ1n) is 7.64. The molecule has 0 unspecified atom stereocenters. The van der Waals surface area contributed by atoms with Gasteiger partial charge in [-0.3, -0.25) is 0 Å². The molecule has 3 aromatic rings. The van der Waals surface area contributed by atoms with E-state index in [1.165, 1.54) is 0 Å². The van der Waals surface area contributed by atoms with Gasteiger partial charge in [-0.25, -0.2) is 9.97 Å². The van der Waals surface area contributed by atoms with E-state index < -0.39 is 0 Å². The number of nitrogens with one attached hydrogen (secondary N) is 1. The average Bonchev–Trinajstić information content (AvgIpc) is 3.00. The van der Waals surface area contributed by atoms with Gasteiger partial charge >= 0.3 is 0 Å². The highest BCUT2D eigenvalue weighted by Gasteiger charge is 2.18. The quantitative estimate of drug-likeness (QED) is 0.762. The van der Waals surface area contributed by atoms with Gasteiger partial charge in [0.25, 0.3) is 0 Å². The molecule has 2 aromatic heterocycles. The summed E-state index contributed by atoms with van der Waals surface area (Å²) in [4.78, 5) is 14.7. The van der Waals surface area contributed by atoms with Gasteiger partial charge in [-0.2, -0.15) is 0 Å². The molecule has 5 nitrogen and oxygen atoms in total. The monoisotopic (exact) mass is 294 g/mol. The van der Waals surface area contributed by atoms with E-state index in [9.17, 15) is 5.11 Å². The van der Waals surface area contributed by atoms with Crippen molar-refractivity contribution in [1.82, 2.24) is 15.0 Å². The molecule has 1 aliphatic rings. The lowest BCUT2D eigenvalue weighted by atomic mass is 10.1. The SMILES string of the molecule is OC1CCN(c2ccc(-c3nc4ccccc4[nH]3)cn2)CC1. The Morgan fingerprint density at radius 2 is 1.91 bits per heavy atom. The predicted octanol–water partition coefficient (Wildman–Crippen LogP) is 2.59. The number of rotatable bonds is 2. The molecular weight excluding hydrogens is 276 g/mol. The van der Waals surface area contributed by atoms with E-state index in [0.29, 0.717) is 0 Å². The number of H-pyrrole nitrogens is 1. The highest BCUT2D eigenvalue weighted by atomic mass is 16.3. The summed E-state index contributed by atoms with van der Waals surface area (Å²) in [6.45, 7) is 1.72. The van der Waals surface area contributed by atoms with E-state index in [0.717, 1.165) is 54.2 Å². The second kappa shape index (κ2) is 5.42. The van der Waals surface area contributed by atoms with Crippen LogP contribution in [0.2, 0.25) is 0 Å². The first-order valence-corrected chi connectivity index (χ1v) is 7.64. The Labute approximate surface area is 128 Å². The van der Waals surface area contributed by atoms with Crippen LogP contribution in [0.4, 0.5) is 5.82 Å². The topological polar surface area (TPSA) is 65.0 Å². The molecule has 22 heavy (non-hydrogen) atoms. The number of pyridine rings is 1. The van der Waals surface area contributed by atoms with Crippen molar-refractivity contribution in [2.45, 2.75) is 18.9 Å². The van der Waals surface area contributed by atoms with E-state index in [-0.39, 0.29) is 6.10 Å². The Hall–Kier alpha value is -2.40. The van der Waals surface area contributed by atoms with Crippen molar-refractivity contribution in [2.75, 3.05) is 18.0 Å². The molecule has 0 saturated carbocycles. The van der Waals surface area contributed by atoms with Crippen molar-refractivity contribution in [2.24, 2.45) is 0 Å². The number of anilines is 1. The van der Waals surface area contributed by atoms with Gasteiger partial charge in [0.05, 0.1) is 17.1 Å². The first kappa shape index (κ1) is 13.3. The summed E-state index contributed by atoms with van der Waals surface area (Å²) in [5.74, 6) is 1.81. The lowest BCUT2D eigenvalue weighted by molar-refractivity contribution is 0.145. The number of benzene rings is 1. The third kappa shape index (κ3) is 2.44. The third-order valence-corrected chi connectivity index (χ3v) is 4.20. The standard InChI is InChI=1S/C17H18N4O/c22-13-7-9-21(10-8-13)16-6-5-12(11-18-16)17-19-14-3-1-2-4-15(14)20-17/h1-6,11,13,22H,7-10H2,(H,19,20). The van der Waals surface area contributed by atoms with Crippen molar-refractivity contribution in [3.63, 3.8) is 0 Å². The van der Waals surface area contributed by atoms with Crippen LogP contribution in [0.15, 0.2) is 42.6 Å². The molecule has 1 fully saturated rings. The minimum atomic E-state index is -0.161. The number of hydrogen-bond donors (Lipinski definition) is 2. The number of aromatic nitrogens is 3. The van der Waals surface area contributed by atoms with E-state index in [1.54, 1.807) is 0 Å². The van der Waals surface area contributed by atoms with Crippen molar-refractivity contribution in [1.29, 1.82) is 0 Å². The number of hydrogen-bond acceptors (Lipinski definition) is 4. The van der Waals surface area contributed by atoms with Gasteiger partial charge in [0, 0.05) is 24.8 Å². The summed E-state index contributed by atoms with van der Waals surface area (Å²) >= 11 is 0. The maximum Gasteiger partial charge on any atom is 0.140 e. The zero-order valence-corrected chi connectivity index (χ0v) is 12.2. The van der Waals surface area contributed by atoms with Gasteiger partial charge in [0.15, 0.2) is 0 Å². The van der Waals surface area contributed by atoms with Crippen LogP contribution in [0.3, 0.4) is 0 Å². The fourth-order valence-electron chi connectivity index (χ4n) is 2.90. The van der Waals surface area contributed by atoms with Gasteiger partial charge < -0.3 is 15.0 Å². The number of nitrogens with zero attached hydrogens (tertiary/aromatic N) is 3. The van der Waals surface area contributed by atoms with Crippen LogP contribution in [-0.2, 0) is 0 Å². The molecule has 0 atom stereocenters. The smallest absolute Gasteiger partial charge is 0.140 e. The molecule has 1 aromatic carbocycles. The summed E-state index contributed by atoms with van der Waals surface area (Å²) in [5, 5.41) is 9.58. The number of imidazole rings is 1. The number of para-hydroxylation sites is 2. The molecule has 0 aliphatic carbocycles. The van der Waals surface area contributed by atoms with E-state index in [4.69, 9.17) is 0 Å². The zero-order chi connectivity index (χ0) is 14.9. The average molecular weight is 294 g/mol. The Morgan fingerprint density at radius 1 is 1.09 bits per heavy atom. The molecule has 0 spiro atoms. The number of aliphatic hydroxyl groups excluding tert-OH is 1. The van der Waals surface area contributed by atoms with Crippen molar-refractivity contribution in [3.8, 4) is 11.4 Å². The fraction of sp³-hybridized carbons (Fsp3) is 0.294. The Bertz CT molecular complexity index is 740. The normalized spacial score (nSPS) is 16.3. The zero-order valence-electron chi connectivity index (χ0n) is 12.2. The van der Waals surface area contributed by atoms with Gasteiger partial charge in [0.2, 0.25) is 0 Å². The largest absolute Gasteiger partial charge is 0.393 e. The molecule has 4 rings (SSSR count). The van der Waals surface area contributed by atoms with E-state index >= 15 is 0 Å². The van der Waals surface area contributed by atoms with Crippen LogP contribution < -0.4 is 4.90 Å². The molecule has 1 aliphatic heterocycles. The van der Waals surface area contributed by atoms with Crippen LogP contribution >= 0.6 is 0 Å². The lowest BCUT2D eigenvalue weighted by Gasteiger charge is -2.30. The highest BCUT2D eigenvalue weighted by Crippen LogP contribution is 2.23. The fourth-order valence-corrected chi connectivity index (χ4v) is 2.90. The Balaban J connectivity index is 1.58. The molecule has 2 N–H and O–H groups in total. The van der Waals surface area contributed by atoms with Crippen LogP contribution in [0.5, 0.6) is 0 Å². The number of aromatic amines is 1. The summed E-state index contributed by atoms with van der Waals surface area (Å²) in [7, 11) is 0. The molecule has 5 heteroatoms. The molecule has 1 saturated heterocycles. The van der Waals surface area contributed by atoms with Crippen molar-refractivity contribution in [3.05, 3.63) is 42.6 Å². The highest BCUT2D eigenvalue weighted by molar-refractivity contribution is 5.79. The van der Waals surface area contributed by atoms with Crippen LogP contribution in [0, 0.1) is 0 Å². The third-order valence-electron chi connectivity index (χ3n) is 4.20. The van der Waals surface area contributed by atoms with Crippen LogP contribution in [0.1, 0.15) is 12.8 Å². The summed E-state index contributed by atoms with van der Waals surface area (Å²) in [6, 6.07) is 12.1. The Morgan fingerprint density at radius 3 is 2.64 bits per heavy atom. The summed E-state index contributed by atoms with van der Waals surface area (Å²) in [6.07, 6.45) is 3.32. The van der Waals surface area contributed by atoms with E-state index in [2.05, 4.69) is 19.9 Å². The summed E-state index contributed by atoms with van der Waals surface area (Å²) in [5.41, 5.74) is 2.98. The second-order valence-corrected chi connectivity index (χ2v) is 5.73. The van der Waals surface area contributed by atoms with Crippen molar-refractivity contribution < 1.29 is 5.11 Å². The van der Waals surface area contributed by atoms with Gasteiger partial charge in [-0.1, -0.05) is 12.1 Å². The molecule has 0 bridgehead atoms. The first-order chi connectivity index (χ1) is 10.8. The molecule has 0 amide bonds. The molecular formula is C17H18N4O. The Kier molecular flexibility index (Phi) is 3.27. The molecule has 112 valence electrons. The minimum Gasteiger partial charge on any atom is -0.393 e. The second-order valence-electron chi connectivity index (χ2n) is 5.73. The lowest BCUT2D eigenvalue weighted by Crippen LogP contribution is -2.36. The van der Waals surface area contributed by atoms with E-state index in [1.807, 2.05) is 42.6 Å². The van der Waals surface area contributed by atoms with Crippen molar-refractivity contribution >= 4 is 16.9 Å². The predicted molar refractivity (Wildman–Crippen MR) is 86.8 cm³/mol. The van der Waals surface area contributed by atoms with Crippen LogP contribution in [-0.4, -0.2) is 39.3 Å². The van der Waals surface area contributed by atoms with Crippen LogP contribution in [0.25, 0.3) is 22.4 Å². The minimum absolute atomic E-state index is 0.161. The number of piperidine rings is 1. The maximum absolute atomic E-state index is 9.58. The van der Waals surface area contributed by atoms with Gasteiger partial charge in [0.1, 0.15) is 11.6 Å². The van der Waals surface area contributed by atoms with Gasteiger partial charge in [-0.05, 0) is 37.1 Å². The maximum atomic E-state index is 9.58. The molecule has 3 heterocycles. The van der Waals surface area contributed by atoms with Gasteiger partial charge in [-0.15, -0.1) is 0 Å².